The highest BCUT2D eigenvalue weighted by Gasteiger charge is 2.28. The molecule has 1 aliphatic heterocycles. The molecule has 3 aromatic heterocycles. The van der Waals surface area contributed by atoms with Gasteiger partial charge in [-0.3, -0.25) is 9.48 Å². The third-order valence-corrected chi connectivity index (χ3v) is 5.97. The number of carbonyl (C=O) groups is 3. The Labute approximate surface area is 237 Å². The van der Waals surface area contributed by atoms with Gasteiger partial charge in [0, 0.05) is 25.5 Å². The molecule has 4 heterocycles. The number of esters is 1. The fourth-order valence-electron chi connectivity index (χ4n) is 4.07. The van der Waals surface area contributed by atoms with Crippen LogP contribution in [-0.4, -0.2) is 86.6 Å². The van der Waals surface area contributed by atoms with E-state index in [1.54, 1.807) is 49.3 Å². The lowest BCUT2D eigenvalue weighted by atomic mass is 10.1. The van der Waals surface area contributed by atoms with Gasteiger partial charge in [0.15, 0.2) is 5.82 Å². The van der Waals surface area contributed by atoms with Crippen LogP contribution in [-0.2, 0) is 25.5 Å². The molecule has 3 aromatic rings. The first-order chi connectivity index (χ1) is 19.5. The van der Waals surface area contributed by atoms with Crippen molar-refractivity contribution in [3.8, 4) is 11.5 Å². The third kappa shape index (κ3) is 7.17. The monoisotopic (exact) mass is 565 g/mol. The molecule has 13 heteroatoms. The van der Waals surface area contributed by atoms with Gasteiger partial charge in [0.2, 0.25) is 0 Å². The number of hydrogen-bond acceptors (Lipinski definition) is 9. The van der Waals surface area contributed by atoms with E-state index in [9.17, 15) is 14.4 Å². The van der Waals surface area contributed by atoms with E-state index in [2.05, 4.69) is 25.4 Å². The van der Waals surface area contributed by atoms with Gasteiger partial charge >= 0.3 is 12.1 Å². The van der Waals surface area contributed by atoms with Crippen molar-refractivity contribution in [3.63, 3.8) is 0 Å². The maximum atomic E-state index is 12.8. The summed E-state index contributed by atoms with van der Waals surface area (Å²) in [6.45, 7) is 10.7. The first kappa shape index (κ1) is 29.5. The summed E-state index contributed by atoms with van der Waals surface area (Å²) in [5.74, 6) is -0.457. The number of anilines is 1. The summed E-state index contributed by atoms with van der Waals surface area (Å²) in [7, 11) is 1.66. The predicted octanol–water partition coefficient (Wildman–Crippen LogP) is 3.53. The Morgan fingerprint density at radius 2 is 2.00 bits per heavy atom. The molecule has 41 heavy (non-hydrogen) atoms. The summed E-state index contributed by atoms with van der Waals surface area (Å²) in [4.78, 5) is 51.0. The van der Waals surface area contributed by atoms with Crippen LogP contribution in [0.1, 0.15) is 55.1 Å². The number of hydrogen-bond donors (Lipinski definition) is 2. The van der Waals surface area contributed by atoms with E-state index >= 15 is 0 Å². The Kier molecular flexibility index (Phi) is 8.86. The van der Waals surface area contributed by atoms with E-state index in [0.29, 0.717) is 66.0 Å². The Morgan fingerprint density at radius 1 is 1.22 bits per heavy atom. The lowest BCUT2D eigenvalue weighted by Gasteiger charge is -2.24. The zero-order chi connectivity index (χ0) is 29.7. The molecule has 0 atom stereocenters. The zero-order valence-corrected chi connectivity index (χ0v) is 24.1. The summed E-state index contributed by atoms with van der Waals surface area (Å²) in [5, 5.41) is 7.13. The minimum atomic E-state index is -0.561. The van der Waals surface area contributed by atoms with E-state index in [4.69, 9.17) is 14.2 Å². The fourth-order valence-corrected chi connectivity index (χ4v) is 4.07. The largest absolute Gasteiger partial charge is 0.462 e. The third-order valence-electron chi connectivity index (χ3n) is 5.97. The number of aryl methyl sites for hydroxylation is 1. The van der Waals surface area contributed by atoms with E-state index in [1.165, 1.54) is 4.90 Å². The van der Waals surface area contributed by atoms with E-state index in [1.807, 2.05) is 27.7 Å². The fraction of sp³-hybridized carbons (Fsp3) is 0.429. The molecule has 2 N–H and O–H groups in total. The van der Waals surface area contributed by atoms with Gasteiger partial charge < -0.3 is 29.4 Å². The van der Waals surface area contributed by atoms with E-state index in [-0.39, 0.29) is 12.5 Å². The first-order valence-electron chi connectivity index (χ1n) is 13.3. The van der Waals surface area contributed by atoms with Crippen molar-refractivity contribution in [2.45, 2.75) is 46.8 Å². The Morgan fingerprint density at radius 3 is 2.73 bits per heavy atom. The topological polar surface area (TPSA) is 154 Å². The van der Waals surface area contributed by atoms with Crippen LogP contribution in [0.25, 0.3) is 23.2 Å². The highest BCUT2D eigenvalue weighted by Crippen LogP contribution is 2.33. The standard InChI is InChI=1S/C28H35N7O6/c1-7-40-26(37)18-14-17(2)31-20(18)15-19-23-21(32-25(19)36)16-29-24(33-23)22-8-9-30-35(22)11-13-39-12-10-34(6)27(38)41-28(3,4)5/h8-9,14-16,31H,7,10-13H2,1-6H3,(H,32,36)/b19-15-. The zero-order valence-electron chi connectivity index (χ0n) is 24.1. The van der Waals surface area contributed by atoms with Crippen LogP contribution in [0.5, 0.6) is 0 Å². The summed E-state index contributed by atoms with van der Waals surface area (Å²) in [6.07, 6.45) is 4.36. The number of nitrogens with zero attached hydrogens (tertiary/aromatic N) is 5. The van der Waals surface area contributed by atoms with Gasteiger partial charge in [0.25, 0.3) is 5.91 Å². The van der Waals surface area contributed by atoms with Gasteiger partial charge in [0.1, 0.15) is 17.0 Å². The first-order valence-corrected chi connectivity index (χ1v) is 13.3. The van der Waals surface area contributed by atoms with E-state index in [0.717, 1.165) is 5.69 Å². The van der Waals surface area contributed by atoms with Crippen LogP contribution < -0.4 is 5.32 Å². The van der Waals surface area contributed by atoms with Crippen molar-refractivity contribution in [1.29, 1.82) is 0 Å². The second-order valence-electron chi connectivity index (χ2n) is 10.4. The van der Waals surface area contributed by atoms with Gasteiger partial charge in [-0.1, -0.05) is 0 Å². The average Bonchev–Trinajstić information content (AvgIpc) is 3.60. The Balaban J connectivity index is 1.45. The molecule has 0 spiro atoms. The highest BCUT2D eigenvalue weighted by atomic mass is 16.6. The number of H-pyrrole nitrogens is 1. The molecule has 0 unspecified atom stereocenters. The minimum absolute atomic E-state index is 0.237. The predicted molar refractivity (Wildman–Crippen MR) is 151 cm³/mol. The molecule has 0 fully saturated rings. The molecule has 0 saturated heterocycles. The molecule has 1 aliphatic rings. The van der Waals surface area contributed by atoms with Crippen LogP contribution in [0.2, 0.25) is 0 Å². The number of likely N-dealkylation sites (N-methyl/N-ethyl adjacent to an activating group) is 1. The molecular weight excluding hydrogens is 530 g/mol. The summed E-state index contributed by atoms with van der Waals surface area (Å²) >= 11 is 0. The molecule has 0 radical (unpaired) electrons. The van der Waals surface area contributed by atoms with Crippen LogP contribution in [0, 0.1) is 6.92 Å². The quantitative estimate of drug-likeness (QED) is 0.213. The van der Waals surface area contributed by atoms with Crippen LogP contribution in [0.4, 0.5) is 10.5 Å². The number of aromatic amines is 1. The molecule has 2 amide bonds. The van der Waals surface area contributed by atoms with Gasteiger partial charge in [-0.2, -0.15) is 5.10 Å². The molecule has 218 valence electrons. The van der Waals surface area contributed by atoms with Crippen LogP contribution in [0.15, 0.2) is 24.5 Å². The maximum Gasteiger partial charge on any atom is 0.410 e. The Bertz CT molecular complexity index is 1470. The van der Waals surface area contributed by atoms with Crippen molar-refractivity contribution in [1.82, 2.24) is 29.6 Å². The van der Waals surface area contributed by atoms with Gasteiger partial charge in [-0.05, 0) is 52.8 Å². The Hall–Kier alpha value is -4.52. The van der Waals surface area contributed by atoms with Crippen molar-refractivity contribution in [2.75, 3.05) is 38.7 Å². The van der Waals surface area contributed by atoms with Gasteiger partial charge in [-0.15, -0.1) is 0 Å². The van der Waals surface area contributed by atoms with Crippen LogP contribution >= 0.6 is 0 Å². The van der Waals surface area contributed by atoms with Gasteiger partial charge in [0.05, 0.1) is 55.1 Å². The number of amides is 2. The SMILES string of the molecule is CCOC(=O)c1cc(C)[nH]c1/C=C1\C(=O)Nc2cnc(-c3ccnn3CCOCCN(C)C(=O)OC(C)(C)C)nc21. The molecule has 0 aromatic carbocycles. The molecule has 4 rings (SSSR count). The normalized spacial score (nSPS) is 13.7. The molecule has 0 saturated carbocycles. The lowest BCUT2D eigenvalue weighted by Crippen LogP contribution is -2.36. The number of rotatable bonds is 10. The number of fused-ring (bicyclic) bond motifs is 1. The second-order valence-corrected chi connectivity index (χ2v) is 10.4. The van der Waals surface area contributed by atoms with Crippen molar-refractivity contribution < 1.29 is 28.6 Å². The smallest absolute Gasteiger partial charge is 0.410 e. The van der Waals surface area contributed by atoms with Gasteiger partial charge in [-0.25, -0.2) is 19.6 Å². The second kappa shape index (κ2) is 12.3. The number of ether oxygens (including phenoxy) is 3. The average molecular weight is 566 g/mol. The summed E-state index contributed by atoms with van der Waals surface area (Å²) in [6, 6.07) is 3.46. The summed E-state index contributed by atoms with van der Waals surface area (Å²) in [5.41, 5.74) is 2.80. The van der Waals surface area contributed by atoms with Crippen molar-refractivity contribution in [3.05, 3.63) is 47.2 Å². The number of carbonyl (C=O) groups excluding carboxylic acids is 3. The van der Waals surface area contributed by atoms with Crippen molar-refractivity contribution in [2.24, 2.45) is 0 Å². The highest BCUT2D eigenvalue weighted by molar-refractivity contribution is 6.34. The molecular formula is C28H35N7O6. The maximum absolute atomic E-state index is 12.8. The lowest BCUT2D eigenvalue weighted by molar-refractivity contribution is -0.110. The minimum Gasteiger partial charge on any atom is -0.462 e. The molecule has 13 nitrogen and oxygen atoms in total. The number of nitrogens with one attached hydrogen (secondary N) is 2. The molecule has 0 aliphatic carbocycles. The summed E-state index contributed by atoms with van der Waals surface area (Å²) < 4.78 is 17.9. The van der Waals surface area contributed by atoms with Crippen LogP contribution in [0.3, 0.4) is 0 Å². The molecule has 0 bridgehead atoms. The van der Waals surface area contributed by atoms with Crippen molar-refractivity contribution >= 4 is 35.3 Å². The van der Waals surface area contributed by atoms with E-state index < -0.39 is 17.7 Å². The number of aromatic nitrogens is 5.